The summed E-state index contributed by atoms with van der Waals surface area (Å²) in [6.07, 6.45) is 1.29. The summed E-state index contributed by atoms with van der Waals surface area (Å²) < 4.78 is 99.4. The highest BCUT2D eigenvalue weighted by atomic mass is 32.2. The van der Waals surface area contributed by atoms with E-state index in [4.69, 9.17) is 37.9 Å². The Morgan fingerprint density at radius 2 is 1.16 bits per heavy atom. The number of hydrogen-bond donors (Lipinski definition) is 2. The van der Waals surface area contributed by atoms with Crippen molar-refractivity contribution in [2.45, 2.75) is 25.7 Å². The molecular weight excluding hydrogens is 698 g/mol. The minimum Gasteiger partial charge on any atom is -0.463 e. The molecule has 0 aromatic heterocycles. The van der Waals surface area contributed by atoms with Gasteiger partial charge in [0.25, 0.3) is 0 Å². The largest absolute Gasteiger partial charge is 0.463 e. The predicted molar refractivity (Wildman–Crippen MR) is 182 cm³/mol. The Bertz CT molecular complexity index is 1440. The SMILES string of the molecule is CCOC(=O)/C(C)=C/c1cc(F)c(Oc2ccc(S(=O)(=O)NCCOCCOCCOCCOCCOCCOCCNC(C)=O)cc2)c(F)c1. The summed E-state index contributed by atoms with van der Waals surface area (Å²) in [7, 11) is -3.88. The van der Waals surface area contributed by atoms with Crippen molar-refractivity contribution in [3.63, 3.8) is 0 Å². The van der Waals surface area contributed by atoms with Gasteiger partial charge in [-0.1, -0.05) is 0 Å². The van der Waals surface area contributed by atoms with Crippen LogP contribution in [-0.2, 0) is 52.8 Å². The van der Waals surface area contributed by atoms with Crippen LogP contribution in [0.2, 0.25) is 0 Å². The van der Waals surface area contributed by atoms with E-state index in [1.807, 2.05) is 0 Å². The molecule has 286 valence electrons. The summed E-state index contributed by atoms with van der Waals surface area (Å²) in [6.45, 7) is 9.63. The molecule has 0 bridgehead atoms. The topological polar surface area (TPSA) is 166 Å². The molecule has 1 amide bonds. The number of hydrogen-bond acceptors (Lipinski definition) is 12. The van der Waals surface area contributed by atoms with Crippen LogP contribution >= 0.6 is 0 Å². The molecule has 2 N–H and O–H groups in total. The summed E-state index contributed by atoms with van der Waals surface area (Å²) in [6, 6.07) is 7.03. The highest BCUT2D eigenvalue weighted by Crippen LogP contribution is 2.30. The third kappa shape index (κ3) is 19.0. The fourth-order valence-electron chi connectivity index (χ4n) is 3.95. The van der Waals surface area contributed by atoms with Crippen molar-refractivity contribution in [3.05, 3.63) is 59.2 Å². The van der Waals surface area contributed by atoms with Gasteiger partial charge in [-0.3, -0.25) is 4.79 Å². The zero-order valence-corrected chi connectivity index (χ0v) is 30.0. The molecule has 0 aliphatic heterocycles. The number of rotatable bonds is 28. The van der Waals surface area contributed by atoms with Gasteiger partial charge in [0.05, 0.1) is 90.8 Å². The molecule has 0 unspecified atom stereocenters. The minimum absolute atomic E-state index is 0.00923. The van der Waals surface area contributed by atoms with Crippen molar-refractivity contribution < 1.29 is 64.7 Å². The first-order valence-electron chi connectivity index (χ1n) is 16.4. The summed E-state index contributed by atoms with van der Waals surface area (Å²) in [5.74, 6) is -3.38. The highest BCUT2D eigenvalue weighted by Gasteiger charge is 2.17. The fourth-order valence-corrected chi connectivity index (χ4v) is 4.96. The molecule has 0 spiro atoms. The fraction of sp³-hybridized carbons (Fsp3) is 0.529. The normalized spacial score (nSPS) is 11.8. The number of carbonyl (C=O) groups excluding carboxylic acids is 2. The number of esters is 1. The molecule has 0 aliphatic rings. The van der Waals surface area contributed by atoms with Gasteiger partial charge < -0.3 is 43.2 Å². The molecule has 0 fully saturated rings. The Hall–Kier alpha value is -3.55. The Kier molecular flexibility index (Phi) is 21.7. The van der Waals surface area contributed by atoms with Gasteiger partial charge in [-0.2, -0.15) is 0 Å². The average molecular weight is 747 g/mol. The van der Waals surface area contributed by atoms with Crippen LogP contribution in [-0.4, -0.2) is 119 Å². The molecule has 0 radical (unpaired) electrons. The molecular formula is C34H48F2N2O12S. The number of amides is 1. The van der Waals surface area contributed by atoms with E-state index in [1.54, 1.807) is 6.92 Å². The Morgan fingerprint density at radius 3 is 1.61 bits per heavy atom. The molecule has 2 aromatic rings. The first-order chi connectivity index (χ1) is 24.5. The minimum atomic E-state index is -3.88. The van der Waals surface area contributed by atoms with Crippen LogP contribution in [0.1, 0.15) is 26.3 Å². The number of halogens is 2. The van der Waals surface area contributed by atoms with E-state index in [9.17, 15) is 26.8 Å². The van der Waals surface area contributed by atoms with E-state index in [2.05, 4.69) is 10.0 Å². The lowest BCUT2D eigenvalue weighted by molar-refractivity contribution is -0.138. The second kappa shape index (κ2) is 25.4. The smallest absolute Gasteiger partial charge is 0.333 e. The van der Waals surface area contributed by atoms with Crippen LogP contribution in [0.5, 0.6) is 11.5 Å². The predicted octanol–water partition coefficient (Wildman–Crippen LogP) is 3.24. The van der Waals surface area contributed by atoms with Crippen LogP contribution < -0.4 is 14.8 Å². The van der Waals surface area contributed by atoms with Crippen molar-refractivity contribution >= 4 is 28.0 Å². The third-order valence-electron chi connectivity index (χ3n) is 6.37. The van der Waals surface area contributed by atoms with Crippen molar-refractivity contribution in [1.82, 2.24) is 10.0 Å². The zero-order valence-electron chi connectivity index (χ0n) is 29.2. The quantitative estimate of drug-likeness (QED) is 0.0743. The van der Waals surface area contributed by atoms with Crippen LogP contribution in [0.15, 0.2) is 46.9 Å². The number of ether oxygens (including phenoxy) is 8. The molecule has 0 atom stereocenters. The van der Waals surface area contributed by atoms with Crippen LogP contribution in [0.25, 0.3) is 6.08 Å². The van der Waals surface area contributed by atoms with Gasteiger partial charge >= 0.3 is 5.97 Å². The van der Waals surface area contributed by atoms with E-state index >= 15 is 0 Å². The number of carbonyl (C=O) groups is 2. The highest BCUT2D eigenvalue weighted by molar-refractivity contribution is 7.89. The van der Waals surface area contributed by atoms with E-state index in [1.165, 1.54) is 44.2 Å². The van der Waals surface area contributed by atoms with Crippen molar-refractivity contribution in [1.29, 1.82) is 0 Å². The first kappa shape index (κ1) is 43.6. The second-order valence-electron chi connectivity index (χ2n) is 10.5. The maximum Gasteiger partial charge on any atom is 0.333 e. The van der Waals surface area contributed by atoms with Crippen molar-refractivity contribution in [2.24, 2.45) is 0 Å². The maximum absolute atomic E-state index is 14.6. The molecule has 14 nitrogen and oxygen atoms in total. The lowest BCUT2D eigenvalue weighted by atomic mass is 10.1. The monoisotopic (exact) mass is 746 g/mol. The Morgan fingerprint density at radius 1 is 0.706 bits per heavy atom. The van der Waals surface area contributed by atoms with Crippen LogP contribution in [0.4, 0.5) is 8.78 Å². The molecule has 0 saturated heterocycles. The molecule has 0 saturated carbocycles. The van der Waals surface area contributed by atoms with E-state index in [-0.39, 0.29) is 54.1 Å². The third-order valence-corrected chi connectivity index (χ3v) is 7.85. The molecule has 0 aliphatic carbocycles. The molecule has 2 rings (SSSR count). The standard InChI is InChI=1S/C34H48F2N2O12S/c1-4-49-34(40)26(2)23-28-24-31(35)33(32(36)25-28)50-29-5-7-30(8-6-29)51(41,42)38-10-12-44-14-16-46-18-20-48-22-21-47-19-17-45-15-13-43-11-9-37-27(3)39/h5-8,23-25,38H,4,9-22H2,1-3H3,(H,37,39)/b26-23+. The van der Waals surface area contributed by atoms with Gasteiger partial charge in [0.1, 0.15) is 5.75 Å². The summed E-state index contributed by atoms with van der Waals surface area (Å²) in [5, 5.41) is 2.64. The van der Waals surface area contributed by atoms with Crippen molar-refractivity contribution in [2.75, 3.05) is 99.0 Å². The molecule has 2 aromatic carbocycles. The van der Waals surface area contributed by atoms with E-state index in [0.717, 1.165) is 12.1 Å². The first-order valence-corrected chi connectivity index (χ1v) is 17.8. The van der Waals surface area contributed by atoms with Crippen LogP contribution in [0.3, 0.4) is 0 Å². The summed E-state index contributed by atoms with van der Waals surface area (Å²) >= 11 is 0. The summed E-state index contributed by atoms with van der Waals surface area (Å²) in [4.78, 5) is 22.4. The maximum atomic E-state index is 14.6. The van der Waals surface area contributed by atoms with Gasteiger partial charge in [-0.25, -0.2) is 26.7 Å². The number of sulfonamides is 1. The zero-order chi connectivity index (χ0) is 37.3. The van der Waals surface area contributed by atoms with Gasteiger partial charge in [0.2, 0.25) is 15.9 Å². The van der Waals surface area contributed by atoms with E-state index in [0.29, 0.717) is 72.6 Å². The van der Waals surface area contributed by atoms with E-state index < -0.39 is 33.4 Å². The lowest BCUT2D eigenvalue weighted by Gasteiger charge is -2.11. The average Bonchev–Trinajstić information content (AvgIpc) is 3.08. The molecule has 51 heavy (non-hydrogen) atoms. The number of benzene rings is 2. The lowest BCUT2D eigenvalue weighted by Crippen LogP contribution is -2.27. The van der Waals surface area contributed by atoms with Gasteiger partial charge in [0, 0.05) is 25.6 Å². The molecule has 17 heteroatoms. The Balaban J connectivity index is 1.52. The summed E-state index contributed by atoms with van der Waals surface area (Å²) in [5.41, 5.74) is 0.272. The van der Waals surface area contributed by atoms with Gasteiger partial charge in [-0.15, -0.1) is 0 Å². The number of nitrogens with one attached hydrogen (secondary N) is 2. The van der Waals surface area contributed by atoms with Crippen LogP contribution in [0, 0.1) is 11.6 Å². The van der Waals surface area contributed by atoms with Crippen molar-refractivity contribution in [3.8, 4) is 11.5 Å². The molecule has 0 heterocycles. The second-order valence-corrected chi connectivity index (χ2v) is 12.3. The van der Waals surface area contributed by atoms with Gasteiger partial charge in [-0.05, 0) is 61.9 Å². The Labute approximate surface area is 297 Å². The van der Waals surface area contributed by atoms with Gasteiger partial charge in [0.15, 0.2) is 17.4 Å².